The smallest absolute Gasteiger partial charge is 0.336 e. The molecule has 1 saturated carbocycles. The first kappa shape index (κ1) is 29.3. The lowest BCUT2D eigenvalue weighted by atomic mass is 10.1. The van der Waals surface area contributed by atoms with Crippen LogP contribution in [0.15, 0.2) is 56.8 Å². The van der Waals surface area contributed by atoms with Crippen LogP contribution in [-0.4, -0.2) is 57.2 Å². The first-order valence-corrected chi connectivity index (χ1v) is 15.2. The van der Waals surface area contributed by atoms with E-state index in [1.807, 2.05) is 22.6 Å². The van der Waals surface area contributed by atoms with Crippen molar-refractivity contribution in [2.45, 2.75) is 25.8 Å². The van der Waals surface area contributed by atoms with Crippen molar-refractivity contribution < 1.29 is 9.18 Å². The van der Waals surface area contributed by atoms with Crippen LogP contribution in [0.5, 0.6) is 0 Å². The van der Waals surface area contributed by atoms with E-state index in [1.54, 1.807) is 37.3 Å². The number of pyridine rings is 1. The molecule has 2 aromatic carbocycles. The minimum Gasteiger partial charge on any atom is -0.338 e. The van der Waals surface area contributed by atoms with Crippen molar-refractivity contribution in [1.82, 2.24) is 23.9 Å². The Morgan fingerprint density at radius 2 is 1.81 bits per heavy atom. The second kappa shape index (κ2) is 11.7. The highest BCUT2D eigenvalue weighted by Gasteiger charge is 2.31. The molecule has 0 unspecified atom stereocenters. The van der Waals surface area contributed by atoms with Gasteiger partial charge in [-0.1, -0.05) is 6.07 Å². The van der Waals surface area contributed by atoms with E-state index in [0.717, 1.165) is 26.2 Å². The zero-order valence-corrected chi connectivity index (χ0v) is 25.9. The molecule has 2 aliphatic rings. The van der Waals surface area contributed by atoms with Gasteiger partial charge in [-0.2, -0.15) is 0 Å². The number of nitrogens with one attached hydrogen (secondary N) is 3. The Bertz CT molecular complexity index is 1940. The van der Waals surface area contributed by atoms with E-state index < -0.39 is 22.6 Å². The van der Waals surface area contributed by atoms with Crippen LogP contribution in [0.3, 0.4) is 0 Å². The Morgan fingerprint density at radius 1 is 1.07 bits per heavy atom. The third-order valence-electron chi connectivity index (χ3n) is 7.90. The van der Waals surface area contributed by atoms with Crippen molar-refractivity contribution in [2.75, 3.05) is 43.4 Å². The fraction of sp³-hybridized carbons (Fsp3) is 0.333. The van der Waals surface area contributed by atoms with E-state index in [9.17, 15) is 23.6 Å². The molecule has 2 fully saturated rings. The Hall–Kier alpha value is -3.82. The molecule has 2 aromatic heterocycles. The minimum absolute atomic E-state index is 0.0827. The second-order valence-electron chi connectivity index (χ2n) is 11.0. The monoisotopic (exact) mass is 699 g/mol. The summed E-state index contributed by atoms with van der Waals surface area (Å²) in [6.45, 7) is 4.99. The van der Waals surface area contributed by atoms with Gasteiger partial charge in [0.25, 0.3) is 11.1 Å². The van der Waals surface area contributed by atoms with Gasteiger partial charge < -0.3 is 16.0 Å². The van der Waals surface area contributed by atoms with Crippen molar-refractivity contribution in [2.24, 2.45) is 7.05 Å². The van der Waals surface area contributed by atoms with Crippen LogP contribution in [-0.2, 0) is 11.8 Å². The van der Waals surface area contributed by atoms with Gasteiger partial charge in [-0.15, -0.1) is 0 Å². The van der Waals surface area contributed by atoms with Crippen LogP contribution in [0.1, 0.15) is 24.4 Å². The summed E-state index contributed by atoms with van der Waals surface area (Å²) in [5, 5.41) is 9.24. The minimum atomic E-state index is -0.577. The standard InChI is InChI=1S/C30H31FIN7O4/c1-17-26-25(27(36(2)28(17)41)35-23-9-6-18(32)14-22(23)31)29(42)39(20-7-8-20)30(43)38(26)21-5-3-4-19(15-21)34-24(40)16-37-12-10-33-11-13-37/h3-6,9,14-15,20,33,35H,7-8,10-13,16H2,1-2H3,(H,34,40). The van der Waals surface area contributed by atoms with Gasteiger partial charge in [0.05, 0.1) is 23.4 Å². The predicted molar refractivity (Wildman–Crippen MR) is 172 cm³/mol. The number of carbonyl (C=O) groups is 1. The van der Waals surface area contributed by atoms with Crippen LogP contribution < -0.4 is 32.8 Å². The number of carbonyl (C=O) groups excluding carboxylic acids is 1. The Labute approximate surface area is 259 Å². The van der Waals surface area contributed by atoms with Crippen LogP contribution in [0.25, 0.3) is 16.6 Å². The highest BCUT2D eigenvalue weighted by atomic mass is 127. The van der Waals surface area contributed by atoms with E-state index in [4.69, 9.17) is 0 Å². The molecule has 3 N–H and O–H groups in total. The summed E-state index contributed by atoms with van der Waals surface area (Å²) in [5.74, 6) is -0.650. The van der Waals surface area contributed by atoms with E-state index >= 15 is 0 Å². The van der Waals surface area contributed by atoms with Gasteiger partial charge in [0.2, 0.25) is 5.91 Å². The number of benzene rings is 2. The lowest BCUT2D eigenvalue weighted by molar-refractivity contribution is -0.117. The molecule has 0 radical (unpaired) electrons. The molecule has 1 saturated heterocycles. The van der Waals surface area contributed by atoms with Crippen molar-refractivity contribution in [1.29, 1.82) is 0 Å². The highest BCUT2D eigenvalue weighted by Crippen LogP contribution is 2.34. The van der Waals surface area contributed by atoms with Gasteiger partial charge >= 0.3 is 5.69 Å². The molecule has 0 atom stereocenters. The molecular formula is C30H31FIN7O4. The first-order valence-electron chi connectivity index (χ1n) is 14.1. The van der Waals surface area contributed by atoms with Gasteiger partial charge in [-0.25, -0.2) is 9.18 Å². The highest BCUT2D eigenvalue weighted by molar-refractivity contribution is 14.1. The Morgan fingerprint density at radius 3 is 2.51 bits per heavy atom. The number of amides is 1. The molecule has 6 rings (SSSR count). The molecule has 4 aromatic rings. The molecule has 13 heteroatoms. The lowest BCUT2D eigenvalue weighted by Gasteiger charge is -2.26. The molecule has 0 spiro atoms. The number of rotatable bonds is 7. The van der Waals surface area contributed by atoms with Crippen LogP contribution in [0, 0.1) is 16.3 Å². The maximum Gasteiger partial charge on any atom is 0.336 e. The average molecular weight is 700 g/mol. The Kier molecular flexibility index (Phi) is 7.96. The molecule has 224 valence electrons. The van der Waals surface area contributed by atoms with Crippen molar-refractivity contribution >= 4 is 56.6 Å². The maximum absolute atomic E-state index is 14.9. The lowest BCUT2D eigenvalue weighted by Crippen LogP contribution is -2.46. The first-order chi connectivity index (χ1) is 20.6. The van der Waals surface area contributed by atoms with E-state index in [2.05, 4.69) is 20.9 Å². The number of nitrogens with zero attached hydrogens (tertiary/aromatic N) is 4. The topological polar surface area (TPSA) is 122 Å². The zero-order chi connectivity index (χ0) is 30.4. The predicted octanol–water partition coefficient (Wildman–Crippen LogP) is 2.83. The molecular weight excluding hydrogens is 668 g/mol. The summed E-state index contributed by atoms with van der Waals surface area (Å²) in [4.78, 5) is 56.4. The summed E-state index contributed by atoms with van der Waals surface area (Å²) < 4.78 is 19.5. The molecule has 1 amide bonds. The number of piperazine rings is 1. The molecule has 1 aliphatic carbocycles. The van der Waals surface area contributed by atoms with Crippen LogP contribution >= 0.6 is 22.6 Å². The number of hydrogen-bond acceptors (Lipinski definition) is 7. The molecule has 3 heterocycles. The fourth-order valence-electron chi connectivity index (χ4n) is 5.57. The third kappa shape index (κ3) is 5.63. The number of fused-ring (bicyclic) bond motifs is 1. The van der Waals surface area contributed by atoms with Gasteiger partial charge in [-0.05, 0) is 78.8 Å². The number of aryl methyl sites for hydroxylation is 1. The summed E-state index contributed by atoms with van der Waals surface area (Å²) in [6, 6.07) is 11.1. The van der Waals surface area contributed by atoms with E-state index in [-0.39, 0.29) is 46.5 Å². The summed E-state index contributed by atoms with van der Waals surface area (Å²) in [5.41, 5.74) is -0.305. The van der Waals surface area contributed by atoms with Gasteiger partial charge in [0.1, 0.15) is 17.0 Å². The summed E-state index contributed by atoms with van der Waals surface area (Å²) in [7, 11) is 1.51. The number of hydrogen-bond donors (Lipinski definition) is 3. The van der Waals surface area contributed by atoms with Gasteiger partial charge in [0.15, 0.2) is 0 Å². The molecule has 43 heavy (non-hydrogen) atoms. The van der Waals surface area contributed by atoms with Crippen LogP contribution in [0.2, 0.25) is 0 Å². The fourth-order valence-corrected chi connectivity index (χ4v) is 6.02. The van der Waals surface area contributed by atoms with E-state index in [1.165, 1.54) is 32.9 Å². The molecule has 11 nitrogen and oxygen atoms in total. The quantitative estimate of drug-likeness (QED) is 0.254. The SMILES string of the molecule is Cc1c(=O)n(C)c(Nc2ccc(I)cc2F)c2c(=O)n(C3CC3)c(=O)n(-c3cccc(NC(=O)CN4CCNCC4)c3)c12. The zero-order valence-electron chi connectivity index (χ0n) is 23.7. The maximum atomic E-state index is 14.9. The van der Waals surface area contributed by atoms with Crippen molar-refractivity contribution in [3.8, 4) is 5.69 Å². The number of aromatic nitrogens is 3. The van der Waals surface area contributed by atoms with Crippen molar-refractivity contribution in [3.63, 3.8) is 0 Å². The second-order valence-corrected chi connectivity index (χ2v) is 12.2. The summed E-state index contributed by atoms with van der Waals surface area (Å²) >= 11 is 2.00. The Balaban J connectivity index is 1.52. The normalized spacial score (nSPS) is 15.5. The van der Waals surface area contributed by atoms with Gasteiger partial charge in [0, 0.05) is 54.1 Å². The summed E-state index contributed by atoms with van der Waals surface area (Å²) in [6.07, 6.45) is 1.34. The van der Waals surface area contributed by atoms with E-state index in [0.29, 0.717) is 27.8 Å². The average Bonchev–Trinajstić information content (AvgIpc) is 3.81. The molecule has 0 bridgehead atoms. The number of halogens is 2. The van der Waals surface area contributed by atoms with Crippen molar-refractivity contribution in [3.05, 3.63) is 88.6 Å². The third-order valence-corrected chi connectivity index (χ3v) is 8.58. The van der Waals surface area contributed by atoms with Gasteiger partial charge in [-0.3, -0.25) is 33.0 Å². The molecule has 1 aliphatic heterocycles. The van der Waals surface area contributed by atoms with Crippen LogP contribution in [0.4, 0.5) is 21.6 Å². The largest absolute Gasteiger partial charge is 0.338 e. The number of anilines is 3.